The van der Waals surface area contributed by atoms with Crippen molar-refractivity contribution in [2.24, 2.45) is 12.5 Å². The molecule has 5 aromatic rings. The molecule has 2 aromatic carbocycles. The fraction of sp³-hybridized carbons (Fsp3) is 0.417. The summed E-state index contributed by atoms with van der Waals surface area (Å²) in [6.07, 6.45) is 5.13. The number of piperidine rings is 1. The third-order valence-corrected chi connectivity index (χ3v) is 12.1. The number of hydrogen-bond acceptors (Lipinski definition) is 10. The minimum absolute atomic E-state index is 0.00167. The lowest BCUT2D eigenvalue weighted by Crippen LogP contribution is -2.64. The second kappa shape index (κ2) is 12.6. The van der Waals surface area contributed by atoms with E-state index < -0.39 is 11.6 Å². The number of hydrogen-bond donors (Lipinski definition) is 1. The van der Waals surface area contributed by atoms with Crippen LogP contribution in [0.15, 0.2) is 30.5 Å². The molecule has 2 N–H and O–H groups in total. The van der Waals surface area contributed by atoms with Gasteiger partial charge in [0.25, 0.3) is 5.91 Å². The van der Waals surface area contributed by atoms with E-state index in [9.17, 15) is 14.4 Å². The van der Waals surface area contributed by atoms with Gasteiger partial charge in [0.1, 0.15) is 40.0 Å². The molecule has 2 atom stereocenters. The van der Waals surface area contributed by atoms with Gasteiger partial charge in [0, 0.05) is 67.2 Å². The highest BCUT2D eigenvalue weighted by Gasteiger charge is 2.48. The van der Waals surface area contributed by atoms with Crippen molar-refractivity contribution in [3.8, 4) is 23.2 Å². The Morgan fingerprint density at radius 3 is 2.69 bits per heavy atom. The first-order valence-corrected chi connectivity index (χ1v) is 18.2. The molecular formula is C36H36ClF2N9O2S. The number of nitrogens with two attached hydrogens (primary N) is 1. The van der Waals surface area contributed by atoms with Crippen molar-refractivity contribution in [1.82, 2.24) is 29.5 Å². The first-order valence-electron chi connectivity index (χ1n) is 17.0. The molecule has 3 fully saturated rings. The van der Waals surface area contributed by atoms with E-state index in [0.717, 1.165) is 43.6 Å². The zero-order valence-electron chi connectivity index (χ0n) is 28.4. The van der Waals surface area contributed by atoms with Gasteiger partial charge in [-0.05, 0) is 70.0 Å². The molecule has 0 bridgehead atoms. The summed E-state index contributed by atoms with van der Waals surface area (Å²) < 4.78 is 40.2. The van der Waals surface area contributed by atoms with Crippen LogP contribution in [0.2, 0.25) is 5.02 Å². The Morgan fingerprint density at radius 1 is 1.18 bits per heavy atom. The summed E-state index contributed by atoms with van der Waals surface area (Å²) in [7, 11) is 3.81. The van der Waals surface area contributed by atoms with Gasteiger partial charge in [-0.1, -0.05) is 17.7 Å². The Balaban J connectivity index is 1.22. The van der Waals surface area contributed by atoms with Crippen molar-refractivity contribution in [1.29, 1.82) is 5.26 Å². The number of aryl methyl sites for hydroxylation is 1. The van der Waals surface area contributed by atoms with Gasteiger partial charge < -0.3 is 20.3 Å². The molecule has 3 aliphatic rings. The van der Waals surface area contributed by atoms with Crippen molar-refractivity contribution in [3.63, 3.8) is 0 Å². The number of nitrogen functional groups attached to an aromatic ring is 1. The molecule has 0 aliphatic carbocycles. The standard InChI is InChI=1S/C36H36ClF2N9O2S/c1-19(25-6-4-12-45(25)2)50-35-43-30-21(14-23(37)28(29(30)39)20-7-8-24(38)31-27(20)22(15-40)32(41)51-31)33(44-35)47-13-5-10-36(16-47)17-48(18-36)34(49)26-9-11-42-46(26)3/h7-9,11,14,19,25H,4-6,10,12-13,16-18,41H2,1-3H3/t19-,25-/m0/s1. The van der Waals surface area contributed by atoms with E-state index in [-0.39, 0.29) is 71.8 Å². The normalized spacial score (nSPS) is 19.5. The molecule has 0 radical (unpaired) electrons. The molecular weight excluding hydrogens is 696 g/mol. The number of nitriles is 1. The number of halogens is 3. The van der Waals surface area contributed by atoms with E-state index in [2.05, 4.69) is 33.0 Å². The molecule has 264 valence electrons. The van der Waals surface area contributed by atoms with Crippen LogP contribution in [0.3, 0.4) is 0 Å². The number of benzene rings is 2. The number of ether oxygens (including phenoxy) is 1. The van der Waals surface area contributed by atoms with E-state index in [4.69, 9.17) is 27.1 Å². The van der Waals surface area contributed by atoms with Gasteiger partial charge >= 0.3 is 6.01 Å². The number of fused-ring (bicyclic) bond motifs is 2. The number of likely N-dealkylation sites (tertiary alicyclic amines) is 2. The number of anilines is 2. The first kappa shape index (κ1) is 33.6. The summed E-state index contributed by atoms with van der Waals surface area (Å²) in [4.78, 5) is 29.0. The average Bonchev–Trinajstić information content (AvgIpc) is 3.82. The van der Waals surface area contributed by atoms with Gasteiger partial charge in [-0.3, -0.25) is 14.4 Å². The predicted octanol–water partition coefficient (Wildman–Crippen LogP) is 6.23. The van der Waals surface area contributed by atoms with E-state index in [1.807, 2.05) is 11.8 Å². The van der Waals surface area contributed by atoms with E-state index in [1.165, 1.54) is 12.1 Å². The predicted molar refractivity (Wildman–Crippen MR) is 193 cm³/mol. The fourth-order valence-electron chi connectivity index (χ4n) is 8.28. The number of likely N-dealkylation sites (N-methyl/N-ethyl adjacent to an activating group) is 1. The molecule has 0 unspecified atom stereocenters. The number of rotatable bonds is 6. The van der Waals surface area contributed by atoms with Crippen molar-refractivity contribution < 1.29 is 18.3 Å². The molecule has 3 saturated heterocycles. The summed E-state index contributed by atoms with van der Waals surface area (Å²) in [5, 5.41) is 14.9. The van der Waals surface area contributed by atoms with Gasteiger partial charge in [-0.15, -0.1) is 11.3 Å². The van der Waals surface area contributed by atoms with Crippen LogP contribution in [-0.2, 0) is 7.05 Å². The molecule has 1 spiro atoms. The Hall–Kier alpha value is -4.58. The highest BCUT2D eigenvalue weighted by Crippen LogP contribution is 2.47. The second-order valence-corrected chi connectivity index (χ2v) is 15.5. The minimum atomic E-state index is -0.735. The zero-order chi connectivity index (χ0) is 35.8. The smallest absolute Gasteiger partial charge is 0.319 e. The fourth-order valence-corrected chi connectivity index (χ4v) is 9.53. The van der Waals surface area contributed by atoms with Crippen LogP contribution in [0.25, 0.3) is 32.1 Å². The summed E-state index contributed by atoms with van der Waals surface area (Å²) in [6.45, 7) is 5.34. The molecule has 8 rings (SSSR count). The number of aromatic nitrogens is 4. The maximum atomic E-state index is 17.1. The van der Waals surface area contributed by atoms with Crippen molar-refractivity contribution in [2.75, 3.05) is 50.4 Å². The topological polar surface area (TPSA) is 129 Å². The van der Waals surface area contributed by atoms with Crippen LogP contribution < -0.4 is 15.4 Å². The summed E-state index contributed by atoms with van der Waals surface area (Å²) >= 11 is 7.86. The summed E-state index contributed by atoms with van der Waals surface area (Å²) in [6, 6.07) is 8.24. The molecule has 3 aromatic heterocycles. The number of nitrogens with zero attached hydrogens (tertiary/aromatic N) is 8. The largest absolute Gasteiger partial charge is 0.459 e. The first-order chi connectivity index (χ1) is 24.5. The van der Waals surface area contributed by atoms with Gasteiger partial charge in [0.2, 0.25) is 0 Å². The second-order valence-electron chi connectivity index (χ2n) is 14.1. The van der Waals surface area contributed by atoms with Crippen LogP contribution in [-0.4, -0.2) is 87.4 Å². The van der Waals surface area contributed by atoms with Gasteiger partial charge in [0.05, 0.1) is 15.3 Å². The molecule has 15 heteroatoms. The molecule has 3 aliphatic heterocycles. The summed E-state index contributed by atoms with van der Waals surface area (Å²) in [5.74, 6) is -0.867. The Morgan fingerprint density at radius 2 is 1.98 bits per heavy atom. The van der Waals surface area contributed by atoms with Crippen LogP contribution in [0.1, 0.15) is 48.7 Å². The Labute approximate surface area is 302 Å². The highest BCUT2D eigenvalue weighted by atomic mass is 35.5. The van der Waals surface area contributed by atoms with Crippen molar-refractivity contribution >= 4 is 60.7 Å². The quantitative estimate of drug-likeness (QED) is 0.216. The zero-order valence-corrected chi connectivity index (χ0v) is 30.0. The molecule has 11 nitrogen and oxygen atoms in total. The van der Waals surface area contributed by atoms with E-state index in [1.54, 1.807) is 30.1 Å². The minimum Gasteiger partial charge on any atom is -0.459 e. The Bertz CT molecular complexity index is 2260. The van der Waals surface area contributed by atoms with Gasteiger partial charge in [0.15, 0.2) is 5.82 Å². The third kappa shape index (κ3) is 5.53. The Kier molecular flexibility index (Phi) is 8.27. The van der Waals surface area contributed by atoms with Crippen LogP contribution in [0, 0.1) is 28.4 Å². The number of carbonyl (C=O) groups is 1. The van der Waals surface area contributed by atoms with Crippen LogP contribution in [0.5, 0.6) is 6.01 Å². The number of thiophene rings is 1. The lowest BCUT2D eigenvalue weighted by Gasteiger charge is -2.54. The highest BCUT2D eigenvalue weighted by molar-refractivity contribution is 7.23. The average molecular weight is 732 g/mol. The number of amides is 1. The lowest BCUT2D eigenvalue weighted by atomic mass is 9.73. The maximum absolute atomic E-state index is 17.1. The molecule has 6 heterocycles. The number of carbonyl (C=O) groups excluding carboxylic acids is 1. The lowest BCUT2D eigenvalue weighted by molar-refractivity contribution is -0.00264. The van der Waals surface area contributed by atoms with Crippen molar-refractivity contribution in [2.45, 2.75) is 44.8 Å². The third-order valence-electron chi connectivity index (χ3n) is 10.8. The molecule has 51 heavy (non-hydrogen) atoms. The van der Waals surface area contributed by atoms with E-state index >= 15 is 4.39 Å². The monoisotopic (exact) mass is 731 g/mol. The van der Waals surface area contributed by atoms with Crippen LogP contribution >= 0.6 is 22.9 Å². The molecule has 1 amide bonds. The van der Waals surface area contributed by atoms with Gasteiger partial charge in [-0.25, -0.2) is 8.78 Å². The van der Waals surface area contributed by atoms with Gasteiger partial charge in [-0.2, -0.15) is 20.3 Å². The SMILES string of the molecule is C[C@H](Oc1nc(N2CCCC3(CN(C(=O)c4ccnn4C)C3)C2)c2cc(Cl)c(-c3ccc(F)c4sc(N)c(C#N)c34)c(F)c2n1)[C@@H]1CCCN1C. The van der Waals surface area contributed by atoms with Crippen LogP contribution in [0.4, 0.5) is 19.6 Å². The molecule has 0 saturated carbocycles. The maximum Gasteiger partial charge on any atom is 0.319 e. The van der Waals surface area contributed by atoms with E-state index in [0.29, 0.717) is 43.1 Å². The summed E-state index contributed by atoms with van der Waals surface area (Å²) in [5.41, 5.74) is 6.77. The van der Waals surface area contributed by atoms with Crippen molar-refractivity contribution in [3.05, 3.63) is 58.4 Å².